The van der Waals surface area contributed by atoms with Crippen LogP contribution in [0.3, 0.4) is 0 Å². The number of likely N-dealkylation sites (N-methyl/N-ethyl adjacent to an activating group) is 1. The van der Waals surface area contributed by atoms with E-state index in [1.807, 2.05) is 31.3 Å². The summed E-state index contributed by atoms with van der Waals surface area (Å²) in [5.74, 6) is 1.54. The summed E-state index contributed by atoms with van der Waals surface area (Å²) in [6, 6.07) is 12.6. The molecule has 2 aliphatic heterocycles. The van der Waals surface area contributed by atoms with Crippen molar-refractivity contribution >= 4 is 52.0 Å². The molecule has 3 aromatic rings. The van der Waals surface area contributed by atoms with Gasteiger partial charge in [0.25, 0.3) is 0 Å². The molecule has 0 radical (unpaired) electrons. The molecule has 40 heavy (non-hydrogen) atoms. The third-order valence-electron chi connectivity index (χ3n) is 7.47. The average Bonchev–Trinajstić information content (AvgIpc) is 3.41. The van der Waals surface area contributed by atoms with Crippen molar-refractivity contribution in [3.63, 3.8) is 0 Å². The largest absolute Gasteiger partial charge is 0.494 e. The number of nitrogens with one attached hydrogen (secondary N) is 4. The Bertz CT molecular complexity index is 1350. The van der Waals surface area contributed by atoms with Gasteiger partial charge in [-0.3, -0.25) is 4.79 Å². The molecule has 11 heteroatoms. The Labute approximate surface area is 240 Å². The molecule has 3 heterocycles. The Balaban J connectivity index is 1.29. The first-order valence-electron chi connectivity index (χ1n) is 13.7. The highest BCUT2D eigenvalue weighted by atomic mass is 35.5. The number of fused-ring (bicyclic) bond motifs is 1. The van der Waals surface area contributed by atoms with Crippen LogP contribution in [0.25, 0.3) is 0 Å². The maximum Gasteiger partial charge on any atom is 0.229 e. The topological polar surface area (TPSA) is 107 Å². The fraction of sp³-hybridized carbons (Fsp3) is 0.414. The minimum atomic E-state index is 0.00486. The highest BCUT2D eigenvalue weighted by Crippen LogP contribution is 2.38. The van der Waals surface area contributed by atoms with Crippen molar-refractivity contribution in [3.05, 3.63) is 53.2 Å². The number of benzene rings is 2. The number of piperidine rings is 1. The normalized spacial score (nSPS) is 15.2. The number of hydrogen-bond acceptors (Lipinski definition) is 9. The van der Waals surface area contributed by atoms with Crippen molar-refractivity contribution in [2.45, 2.75) is 32.2 Å². The molecule has 1 saturated heterocycles. The van der Waals surface area contributed by atoms with E-state index in [-0.39, 0.29) is 5.91 Å². The van der Waals surface area contributed by atoms with Crippen LogP contribution >= 0.6 is 11.6 Å². The van der Waals surface area contributed by atoms with Gasteiger partial charge in [0.05, 0.1) is 30.4 Å². The van der Waals surface area contributed by atoms with Gasteiger partial charge < -0.3 is 35.8 Å². The van der Waals surface area contributed by atoms with E-state index in [1.165, 1.54) is 0 Å². The predicted molar refractivity (Wildman–Crippen MR) is 162 cm³/mol. The lowest BCUT2D eigenvalue weighted by molar-refractivity contribution is -0.116. The third kappa shape index (κ3) is 6.24. The fourth-order valence-corrected chi connectivity index (χ4v) is 5.50. The average molecular weight is 565 g/mol. The summed E-state index contributed by atoms with van der Waals surface area (Å²) in [7, 11) is 3.64. The smallest absolute Gasteiger partial charge is 0.229 e. The van der Waals surface area contributed by atoms with Gasteiger partial charge in [-0.05, 0) is 50.1 Å². The second-order valence-electron chi connectivity index (χ2n) is 10.1. The lowest BCUT2D eigenvalue weighted by Crippen LogP contribution is -2.44. The Kier molecular flexibility index (Phi) is 8.88. The monoisotopic (exact) mass is 564 g/mol. The van der Waals surface area contributed by atoms with Crippen molar-refractivity contribution in [1.82, 2.24) is 20.6 Å². The second kappa shape index (κ2) is 12.7. The minimum Gasteiger partial charge on any atom is -0.494 e. The Hall–Kier alpha value is -3.60. The molecule has 2 aliphatic rings. The highest BCUT2D eigenvalue weighted by molar-refractivity contribution is 6.33. The number of para-hydroxylation sites is 1. The van der Waals surface area contributed by atoms with Gasteiger partial charge in [-0.25, -0.2) is 4.98 Å². The number of hydrogen-bond donors (Lipinski definition) is 4. The second-order valence-corrected chi connectivity index (χ2v) is 10.5. The number of aromatic nitrogens is 2. The molecular formula is C29H37ClN8O2. The zero-order chi connectivity index (χ0) is 28.1. The summed E-state index contributed by atoms with van der Waals surface area (Å²) in [4.78, 5) is 25.4. The zero-order valence-corrected chi connectivity index (χ0v) is 24.0. The summed E-state index contributed by atoms with van der Waals surface area (Å²) in [5.41, 5.74) is 4.65. The van der Waals surface area contributed by atoms with Crippen LogP contribution in [-0.2, 0) is 11.2 Å². The molecular weight excluding hydrogens is 528 g/mol. The Morgan fingerprint density at radius 2 is 1.93 bits per heavy atom. The highest BCUT2D eigenvalue weighted by Gasteiger charge is 2.26. The molecule has 0 atom stereocenters. The fourth-order valence-electron chi connectivity index (χ4n) is 5.36. The van der Waals surface area contributed by atoms with Gasteiger partial charge in [-0.1, -0.05) is 23.7 Å². The molecule has 2 aromatic carbocycles. The van der Waals surface area contributed by atoms with Gasteiger partial charge in [0, 0.05) is 57.4 Å². The molecule has 0 unspecified atom stereocenters. The van der Waals surface area contributed by atoms with E-state index in [0.29, 0.717) is 35.1 Å². The van der Waals surface area contributed by atoms with Gasteiger partial charge in [0.15, 0.2) is 5.82 Å². The van der Waals surface area contributed by atoms with Crippen LogP contribution in [-0.4, -0.2) is 68.8 Å². The summed E-state index contributed by atoms with van der Waals surface area (Å²) in [6.07, 6.45) is 4.58. The predicted octanol–water partition coefficient (Wildman–Crippen LogP) is 4.31. The Morgan fingerprint density at radius 1 is 1.10 bits per heavy atom. The number of nitrogens with zero attached hydrogens (tertiary/aromatic N) is 4. The van der Waals surface area contributed by atoms with Crippen LogP contribution in [0.2, 0.25) is 5.02 Å². The standard InChI is InChI=1S/C29H37ClN8O2/c1-19(39)38-16-9-20-5-4-6-25(27(20)38)34-28-23(30)18-33-29(36-28)35-24-8-7-22(17-26(24)40-3)37-14-10-21(11-15-37)32-13-12-31-2/h4-8,17-18,21,31-32H,9-16H2,1-3H3,(H2,33,34,35,36). The van der Waals surface area contributed by atoms with Crippen molar-refractivity contribution < 1.29 is 9.53 Å². The number of carbonyl (C=O) groups excluding carboxylic acids is 1. The van der Waals surface area contributed by atoms with Gasteiger partial charge in [0.2, 0.25) is 11.9 Å². The van der Waals surface area contributed by atoms with Crippen molar-refractivity contribution in [3.8, 4) is 5.75 Å². The first kappa shape index (κ1) is 27.9. The number of anilines is 6. The quantitative estimate of drug-likeness (QED) is 0.268. The number of amides is 1. The van der Waals surface area contributed by atoms with Crippen LogP contribution in [0.5, 0.6) is 5.75 Å². The van der Waals surface area contributed by atoms with Crippen LogP contribution in [0.4, 0.5) is 34.5 Å². The van der Waals surface area contributed by atoms with Crippen LogP contribution < -0.4 is 35.8 Å². The van der Waals surface area contributed by atoms with Crippen LogP contribution in [0.1, 0.15) is 25.3 Å². The van der Waals surface area contributed by atoms with E-state index in [4.69, 9.17) is 16.3 Å². The molecule has 1 aromatic heterocycles. The van der Waals surface area contributed by atoms with Gasteiger partial charge in [-0.2, -0.15) is 4.98 Å². The summed E-state index contributed by atoms with van der Waals surface area (Å²) < 4.78 is 5.73. The van der Waals surface area contributed by atoms with Crippen LogP contribution in [0, 0.1) is 0 Å². The molecule has 212 valence electrons. The number of carbonyl (C=O) groups is 1. The van der Waals surface area contributed by atoms with E-state index in [2.05, 4.69) is 48.3 Å². The number of rotatable bonds is 10. The molecule has 0 saturated carbocycles. The lowest BCUT2D eigenvalue weighted by Gasteiger charge is -2.34. The maximum absolute atomic E-state index is 12.2. The maximum atomic E-state index is 12.2. The van der Waals surface area contributed by atoms with Gasteiger partial charge >= 0.3 is 0 Å². The van der Waals surface area contributed by atoms with Crippen molar-refractivity contribution in [2.75, 3.05) is 67.3 Å². The van der Waals surface area contributed by atoms with Crippen molar-refractivity contribution in [2.24, 2.45) is 0 Å². The van der Waals surface area contributed by atoms with E-state index < -0.39 is 0 Å². The minimum absolute atomic E-state index is 0.00486. The molecule has 4 N–H and O–H groups in total. The van der Waals surface area contributed by atoms with Gasteiger partial charge in [-0.15, -0.1) is 0 Å². The first-order valence-corrected chi connectivity index (χ1v) is 14.1. The SMILES string of the molecule is CNCCNC1CCN(c2ccc(Nc3ncc(Cl)c(Nc4cccc5c4N(C(C)=O)CC5)n3)c(OC)c2)CC1. The molecule has 5 rings (SSSR count). The summed E-state index contributed by atoms with van der Waals surface area (Å²) in [5, 5.41) is 13.8. The van der Waals surface area contributed by atoms with Crippen molar-refractivity contribution in [1.29, 1.82) is 0 Å². The third-order valence-corrected chi connectivity index (χ3v) is 7.75. The lowest BCUT2D eigenvalue weighted by atomic mass is 10.0. The van der Waals surface area contributed by atoms with E-state index in [9.17, 15) is 4.79 Å². The van der Waals surface area contributed by atoms with E-state index in [0.717, 1.165) is 73.8 Å². The summed E-state index contributed by atoms with van der Waals surface area (Å²) >= 11 is 6.48. The number of ether oxygens (including phenoxy) is 1. The Morgan fingerprint density at radius 3 is 2.67 bits per heavy atom. The number of halogens is 1. The van der Waals surface area contributed by atoms with Crippen LogP contribution in [0.15, 0.2) is 42.6 Å². The molecule has 0 bridgehead atoms. The zero-order valence-electron chi connectivity index (χ0n) is 23.3. The number of methoxy groups -OCH3 is 1. The molecule has 0 aliphatic carbocycles. The van der Waals surface area contributed by atoms with Gasteiger partial charge in [0.1, 0.15) is 10.8 Å². The molecule has 1 fully saturated rings. The van der Waals surface area contributed by atoms with E-state index >= 15 is 0 Å². The molecule has 10 nitrogen and oxygen atoms in total. The van der Waals surface area contributed by atoms with E-state index in [1.54, 1.807) is 25.1 Å². The first-order chi connectivity index (χ1) is 19.5. The summed E-state index contributed by atoms with van der Waals surface area (Å²) in [6.45, 7) is 6.20. The molecule has 0 spiro atoms. The molecule has 1 amide bonds.